The second-order valence-corrected chi connectivity index (χ2v) is 8.92. The Morgan fingerprint density at radius 2 is 1.11 bits per heavy atom. The maximum atomic E-state index is 8.58. The van der Waals surface area contributed by atoms with E-state index in [0.29, 0.717) is 5.71 Å². The Hall–Kier alpha value is -5.02. The molecule has 0 atom stereocenters. The summed E-state index contributed by atoms with van der Waals surface area (Å²) in [5, 5.41) is 11.0. The van der Waals surface area contributed by atoms with Gasteiger partial charge in [-0.3, -0.25) is 4.57 Å². The molecule has 0 aliphatic heterocycles. The monoisotopic (exact) mass is 475 g/mol. The summed E-state index contributed by atoms with van der Waals surface area (Å²) in [5.74, 6) is 0. The third kappa shape index (κ3) is 4.51. The zero-order chi connectivity index (χ0) is 25.0. The Bertz CT molecular complexity index is 1720. The third-order valence-corrected chi connectivity index (χ3v) is 6.63. The number of benzene rings is 5. The van der Waals surface area contributed by atoms with E-state index in [1.54, 1.807) is 12.3 Å². The van der Waals surface area contributed by atoms with Crippen LogP contribution in [0, 0.1) is 5.41 Å². The molecule has 5 aromatic carbocycles. The minimum atomic E-state index is 0.419. The number of hydrogen-bond acceptors (Lipinski definition) is 2. The molecule has 3 nitrogen and oxygen atoms in total. The fourth-order valence-corrected chi connectivity index (χ4v) is 4.75. The van der Waals surface area contributed by atoms with Gasteiger partial charge in [-0.2, -0.15) is 0 Å². The quantitative estimate of drug-likeness (QED) is 0.185. The van der Waals surface area contributed by atoms with Gasteiger partial charge in [0.1, 0.15) is 0 Å². The lowest BCUT2D eigenvalue weighted by Gasteiger charge is -2.07. The van der Waals surface area contributed by atoms with Gasteiger partial charge in [0, 0.05) is 22.5 Å². The second kappa shape index (κ2) is 9.92. The van der Waals surface area contributed by atoms with Crippen molar-refractivity contribution in [2.45, 2.75) is 0 Å². The van der Waals surface area contributed by atoms with E-state index in [4.69, 9.17) is 5.41 Å². The predicted molar refractivity (Wildman–Crippen MR) is 157 cm³/mol. The van der Waals surface area contributed by atoms with Gasteiger partial charge in [0.25, 0.3) is 0 Å². The summed E-state index contributed by atoms with van der Waals surface area (Å²) in [4.78, 5) is 4.52. The van der Waals surface area contributed by atoms with Crippen LogP contribution in [0.15, 0.2) is 145 Å². The number of rotatable bonds is 6. The highest BCUT2D eigenvalue weighted by Crippen LogP contribution is 2.28. The van der Waals surface area contributed by atoms with Crippen LogP contribution in [0.5, 0.6) is 0 Å². The Balaban J connectivity index is 1.21. The van der Waals surface area contributed by atoms with Crippen molar-refractivity contribution in [3.05, 3.63) is 145 Å². The minimum absolute atomic E-state index is 0.419. The molecule has 0 amide bonds. The van der Waals surface area contributed by atoms with Gasteiger partial charge in [-0.25, -0.2) is 4.99 Å². The topological polar surface area (TPSA) is 41.1 Å². The first-order chi connectivity index (χ1) is 18.3. The van der Waals surface area contributed by atoms with Crippen molar-refractivity contribution in [1.82, 2.24) is 4.57 Å². The standard InChI is InChI=1S/C34H25N3/c35-32(21-22-36-24-37-33-15-6-4-13-30(33)31-14-5-7-16-34(31)37)29-12-8-11-28(23-29)27-19-17-26(18-20-27)25-9-2-1-3-10-25/h1-24,35H/b22-21-,35-32?,36-24?. The first-order valence-corrected chi connectivity index (χ1v) is 12.3. The van der Waals surface area contributed by atoms with Crippen LogP contribution in [0.25, 0.3) is 44.1 Å². The number of fused-ring (bicyclic) bond motifs is 3. The Morgan fingerprint density at radius 3 is 1.78 bits per heavy atom. The Morgan fingerprint density at radius 1 is 0.568 bits per heavy atom. The van der Waals surface area contributed by atoms with Crippen molar-refractivity contribution in [2.75, 3.05) is 0 Å². The van der Waals surface area contributed by atoms with E-state index < -0.39 is 0 Å². The van der Waals surface area contributed by atoms with E-state index >= 15 is 0 Å². The van der Waals surface area contributed by atoms with Crippen molar-refractivity contribution in [3.8, 4) is 22.3 Å². The molecule has 0 unspecified atom stereocenters. The number of nitrogens with zero attached hydrogens (tertiary/aromatic N) is 2. The molecule has 0 fully saturated rings. The van der Waals surface area contributed by atoms with Crippen LogP contribution in [0.3, 0.4) is 0 Å². The zero-order valence-corrected chi connectivity index (χ0v) is 20.3. The van der Waals surface area contributed by atoms with Gasteiger partial charge in [0.2, 0.25) is 0 Å². The van der Waals surface area contributed by atoms with Crippen LogP contribution in [-0.2, 0) is 0 Å². The normalized spacial score (nSPS) is 11.7. The largest absolute Gasteiger partial charge is 0.300 e. The molecule has 6 aromatic rings. The molecule has 176 valence electrons. The summed E-state index contributed by atoms with van der Waals surface area (Å²) in [6.07, 6.45) is 5.24. The lowest BCUT2D eigenvalue weighted by atomic mass is 9.98. The first kappa shape index (κ1) is 22.4. The second-order valence-electron chi connectivity index (χ2n) is 8.92. The van der Waals surface area contributed by atoms with Crippen LogP contribution in [0.1, 0.15) is 5.56 Å². The average molecular weight is 476 g/mol. The van der Waals surface area contributed by atoms with Crippen molar-refractivity contribution >= 4 is 33.9 Å². The maximum Gasteiger partial charge on any atom is 0.0995 e. The number of aromatic nitrogens is 1. The van der Waals surface area contributed by atoms with Gasteiger partial charge >= 0.3 is 0 Å². The Labute approximate surface area is 216 Å². The molecular formula is C34H25N3. The molecule has 0 aliphatic carbocycles. The van der Waals surface area contributed by atoms with Crippen molar-refractivity contribution in [2.24, 2.45) is 4.99 Å². The van der Waals surface area contributed by atoms with Crippen molar-refractivity contribution in [1.29, 1.82) is 5.41 Å². The van der Waals surface area contributed by atoms with E-state index in [1.165, 1.54) is 21.9 Å². The molecule has 0 spiro atoms. The van der Waals surface area contributed by atoms with Crippen LogP contribution in [-0.4, -0.2) is 16.6 Å². The maximum absolute atomic E-state index is 8.58. The van der Waals surface area contributed by atoms with Crippen LogP contribution in [0.2, 0.25) is 0 Å². The van der Waals surface area contributed by atoms with Crippen LogP contribution >= 0.6 is 0 Å². The molecule has 1 heterocycles. The third-order valence-electron chi connectivity index (χ3n) is 6.63. The predicted octanol–water partition coefficient (Wildman–Crippen LogP) is 8.59. The fraction of sp³-hybridized carbons (Fsp3) is 0. The lowest BCUT2D eigenvalue weighted by molar-refractivity contribution is 1.30. The van der Waals surface area contributed by atoms with Crippen molar-refractivity contribution in [3.63, 3.8) is 0 Å². The number of aliphatic imine (C=N–C) groups is 1. The van der Waals surface area contributed by atoms with Gasteiger partial charge < -0.3 is 5.41 Å². The highest BCUT2D eigenvalue weighted by molar-refractivity contribution is 6.11. The van der Waals surface area contributed by atoms with E-state index in [1.807, 2.05) is 36.7 Å². The SMILES string of the molecule is N=C(/C=C\N=Cn1c2ccccc2c2ccccc21)c1cccc(-c2ccc(-c3ccccc3)cc2)c1. The molecule has 3 heteroatoms. The smallest absolute Gasteiger partial charge is 0.0995 e. The molecule has 0 radical (unpaired) electrons. The van der Waals surface area contributed by atoms with Crippen LogP contribution < -0.4 is 0 Å². The van der Waals surface area contributed by atoms with E-state index in [-0.39, 0.29) is 0 Å². The molecular weight excluding hydrogens is 450 g/mol. The summed E-state index contributed by atoms with van der Waals surface area (Å²) in [6.45, 7) is 0. The average Bonchev–Trinajstić information content (AvgIpc) is 3.29. The highest BCUT2D eigenvalue weighted by atomic mass is 15.0. The Kier molecular flexibility index (Phi) is 6.02. The highest BCUT2D eigenvalue weighted by Gasteiger charge is 2.07. The fourth-order valence-electron chi connectivity index (χ4n) is 4.75. The molecule has 0 bridgehead atoms. The van der Waals surface area contributed by atoms with Gasteiger partial charge in [-0.1, -0.05) is 109 Å². The summed E-state index contributed by atoms with van der Waals surface area (Å²) in [7, 11) is 0. The number of allylic oxidation sites excluding steroid dienone is 1. The van der Waals surface area contributed by atoms with Gasteiger partial charge in [-0.15, -0.1) is 0 Å². The number of hydrogen-bond donors (Lipinski definition) is 1. The molecule has 0 saturated carbocycles. The van der Waals surface area contributed by atoms with E-state index in [0.717, 1.165) is 27.7 Å². The zero-order valence-electron chi connectivity index (χ0n) is 20.3. The van der Waals surface area contributed by atoms with Gasteiger partial charge in [-0.05, 0) is 46.5 Å². The van der Waals surface area contributed by atoms with E-state index in [9.17, 15) is 0 Å². The molecule has 0 saturated heterocycles. The summed E-state index contributed by atoms with van der Waals surface area (Å²) < 4.78 is 2.10. The minimum Gasteiger partial charge on any atom is -0.300 e. The molecule has 1 N–H and O–H groups in total. The molecule has 6 rings (SSSR count). The lowest BCUT2D eigenvalue weighted by Crippen LogP contribution is -1.95. The summed E-state index contributed by atoms with van der Waals surface area (Å²) in [6, 6.07) is 43.7. The number of para-hydroxylation sites is 2. The van der Waals surface area contributed by atoms with Crippen molar-refractivity contribution < 1.29 is 0 Å². The molecule has 1 aromatic heterocycles. The van der Waals surface area contributed by atoms with Gasteiger partial charge in [0.15, 0.2) is 0 Å². The van der Waals surface area contributed by atoms with E-state index in [2.05, 4.69) is 107 Å². The molecule has 0 aliphatic rings. The number of nitrogens with one attached hydrogen (secondary N) is 1. The molecule has 37 heavy (non-hydrogen) atoms. The summed E-state index contributed by atoms with van der Waals surface area (Å²) >= 11 is 0. The summed E-state index contributed by atoms with van der Waals surface area (Å²) in [5.41, 5.74) is 8.11. The first-order valence-electron chi connectivity index (χ1n) is 12.3. The van der Waals surface area contributed by atoms with Gasteiger partial charge in [0.05, 0.1) is 23.1 Å². The van der Waals surface area contributed by atoms with Crippen LogP contribution in [0.4, 0.5) is 0 Å².